The van der Waals surface area contributed by atoms with Gasteiger partial charge in [-0.2, -0.15) is 5.10 Å². The summed E-state index contributed by atoms with van der Waals surface area (Å²) in [7, 11) is 10.1. The Morgan fingerprint density at radius 1 is 1.31 bits per heavy atom. The molecule has 0 saturated carbocycles. The first-order valence-electron chi connectivity index (χ1n) is 8.69. The van der Waals surface area contributed by atoms with E-state index < -0.39 is 0 Å². The highest BCUT2D eigenvalue weighted by Gasteiger charge is 2.16. The van der Waals surface area contributed by atoms with E-state index in [2.05, 4.69) is 63.2 Å². The van der Waals surface area contributed by atoms with Gasteiger partial charge < -0.3 is 20.4 Å². The number of likely N-dealkylation sites (N-methyl/N-ethyl adjacent to an activating group) is 1. The number of guanidine groups is 1. The van der Waals surface area contributed by atoms with Gasteiger partial charge in [-0.3, -0.25) is 4.68 Å². The fourth-order valence-corrected chi connectivity index (χ4v) is 3.23. The van der Waals surface area contributed by atoms with E-state index in [1.807, 2.05) is 36.9 Å². The van der Waals surface area contributed by atoms with E-state index >= 15 is 0 Å². The maximum absolute atomic E-state index is 4.67. The summed E-state index contributed by atoms with van der Waals surface area (Å²) in [6, 6.07) is 0.215. The molecule has 0 fully saturated rings. The molecule has 0 amide bonds. The van der Waals surface area contributed by atoms with Gasteiger partial charge in [0.15, 0.2) is 11.1 Å². The average Bonchev–Trinajstić information content (AvgIpc) is 3.21. The molecule has 0 spiro atoms. The molecule has 144 valence electrons. The van der Waals surface area contributed by atoms with Crippen LogP contribution in [0.3, 0.4) is 0 Å². The number of rotatable bonds is 8. The van der Waals surface area contributed by atoms with Gasteiger partial charge in [-0.1, -0.05) is 0 Å². The summed E-state index contributed by atoms with van der Waals surface area (Å²) in [5, 5.41) is 14.1. The molecule has 2 aromatic rings. The normalized spacial score (nSPS) is 13.1. The molecule has 2 heterocycles. The van der Waals surface area contributed by atoms with Crippen LogP contribution in [0, 0.1) is 0 Å². The van der Waals surface area contributed by atoms with Crippen LogP contribution < -0.4 is 15.5 Å². The fraction of sp³-hybridized carbons (Fsp3) is 0.588. The van der Waals surface area contributed by atoms with Gasteiger partial charge in [-0.15, -0.1) is 11.3 Å². The summed E-state index contributed by atoms with van der Waals surface area (Å²) in [6.07, 6.45) is 3.96. The standard InChI is InChI=1S/C17H30N8S/c1-7-18-16(19-9-14-12-26-17(22-14)24(4)5)20-10-15(23(2)3)13-8-21-25(6)11-13/h8,11-12,15H,7,9-10H2,1-6H3,(H2,18,19,20). The van der Waals surface area contributed by atoms with Crippen molar-refractivity contribution < 1.29 is 0 Å². The number of nitrogens with zero attached hydrogens (tertiary/aromatic N) is 6. The van der Waals surface area contributed by atoms with Crippen LogP contribution in [0.2, 0.25) is 0 Å². The van der Waals surface area contributed by atoms with Crippen molar-refractivity contribution in [1.29, 1.82) is 0 Å². The average molecular weight is 379 g/mol. The lowest BCUT2D eigenvalue weighted by molar-refractivity contribution is 0.298. The van der Waals surface area contributed by atoms with E-state index in [4.69, 9.17) is 0 Å². The molecule has 0 aliphatic heterocycles. The van der Waals surface area contributed by atoms with Crippen molar-refractivity contribution in [2.75, 3.05) is 46.2 Å². The Labute approximate surface area is 159 Å². The van der Waals surface area contributed by atoms with E-state index in [9.17, 15) is 0 Å². The number of anilines is 1. The van der Waals surface area contributed by atoms with Crippen molar-refractivity contribution in [3.63, 3.8) is 0 Å². The molecule has 1 atom stereocenters. The first kappa shape index (κ1) is 20.2. The summed E-state index contributed by atoms with van der Waals surface area (Å²) in [5.41, 5.74) is 2.16. The molecule has 0 radical (unpaired) electrons. The first-order chi connectivity index (χ1) is 12.4. The fourth-order valence-electron chi connectivity index (χ4n) is 2.48. The SMILES string of the molecule is CCNC(=NCc1csc(N(C)C)n1)NCC(c1cnn(C)c1)N(C)C. The molecular weight excluding hydrogens is 348 g/mol. The minimum Gasteiger partial charge on any atom is -0.357 e. The zero-order valence-corrected chi connectivity index (χ0v) is 17.3. The summed E-state index contributed by atoms with van der Waals surface area (Å²) >= 11 is 1.63. The van der Waals surface area contributed by atoms with Crippen molar-refractivity contribution in [3.8, 4) is 0 Å². The van der Waals surface area contributed by atoms with Crippen LogP contribution in [-0.4, -0.2) is 66.9 Å². The Hall–Kier alpha value is -2.13. The molecule has 2 aromatic heterocycles. The zero-order chi connectivity index (χ0) is 19.1. The first-order valence-corrected chi connectivity index (χ1v) is 9.57. The molecule has 8 nitrogen and oxygen atoms in total. The van der Waals surface area contributed by atoms with Crippen molar-refractivity contribution >= 4 is 22.4 Å². The number of aryl methyl sites for hydroxylation is 1. The monoisotopic (exact) mass is 378 g/mol. The minimum absolute atomic E-state index is 0.215. The maximum atomic E-state index is 4.67. The number of hydrogen-bond acceptors (Lipinski definition) is 6. The van der Waals surface area contributed by atoms with Crippen LogP contribution in [0.1, 0.15) is 24.2 Å². The Morgan fingerprint density at radius 2 is 2.08 bits per heavy atom. The second kappa shape index (κ2) is 9.54. The summed E-state index contributed by atoms with van der Waals surface area (Å²) in [4.78, 5) is 13.4. The Balaban J connectivity index is 2.01. The summed E-state index contributed by atoms with van der Waals surface area (Å²) < 4.78 is 1.83. The zero-order valence-electron chi connectivity index (χ0n) is 16.5. The Morgan fingerprint density at radius 3 is 2.62 bits per heavy atom. The van der Waals surface area contributed by atoms with Crippen LogP contribution in [0.4, 0.5) is 5.13 Å². The molecule has 2 N–H and O–H groups in total. The minimum atomic E-state index is 0.215. The highest BCUT2D eigenvalue weighted by Crippen LogP contribution is 2.18. The van der Waals surface area contributed by atoms with Gasteiger partial charge in [0.05, 0.1) is 24.5 Å². The van der Waals surface area contributed by atoms with Crippen LogP contribution in [-0.2, 0) is 13.6 Å². The third-order valence-electron chi connectivity index (χ3n) is 3.86. The van der Waals surface area contributed by atoms with Gasteiger partial charge in [0.25, 0.3) is 0 Å². The lowest BCUT2D eigenvalue weighted by Crippen LogP contribution is -2.41. The maximum Gasteiger partial charge on any atom is 0.191 e. The van der Waals surface area contributed by atoms with Gasteiger partial charge in [-0.25, -0.2) is 9.98 Å². The van der Waals surface area contributed by atoms with Crippen LogP contribution in [0.5, 0.6) is 0 Å². The van der Waals surface area contributed by atoms with Crippen LogP contribution in [0.15, 0.2) is 22.8 Å². The predicted octanol–water partition coefficient (Wildman–Crippen LogP) is 1.30. The lowest BCUT2D eigenvalue weighted by Gasteiger charge is -2.24. The Kier molecular flexibility index (Phi) is 7.40. The van der Waals surface area contributed by atoms with Gasteiger partial charge in [0.2, 0.25) is 0 Å². The molecular formula is C17H30N8S. The number of thiazole rings is 1. The molecule has 0 aromatic carbocycles. The third-order valence-corrected chi connectivity index (χ3v) is 4.92. The van der Waals surface area contributed by atoms with Gasteiger partial charge >= 0.3 is 0 Å². The molecule has 0 bridgehead atoms. The quantitative estimate of drug-likeness (QED) is 0.533. The van der Waals surface area contributed by atoms with Crippen molar-refractivity contribution in [2.45, 2.75) is 19.5 Å². The third kappa shape index (κ3) is 5.70. The van der Waals surface area contributed by atoms with Crippen LogP contribution >= 0.6 is 11.3 Å². The Bertz CT molecular complexity index is 703. The van der Waals surface area contributed by atoms with Crippen molar-refractivity contribution in [2.24, 2.45) is 12.0 Å². The molecule has 1 unspecified atom stereocenters. The van der Waals surface area contributed by atoms with Gasteiger partial charge in [0.1, 0.15) is 0 Å². The lowest BCUT2D eigenvalue weighted by atomic mass is 10.1. The number of aromatic nitrogens is 3. The van der Waals surface area contributed by atoms with Crippen molar-refractivity contribution in [3.05, 3.63) is 29.0 Å². The molecule has 0 aliphatic rings. The van der Waals surface area contributed by atoms with Crippen LogP contribution in [0.25, 0.3) is 0 Å². The smallest absolute Gasteiger partial charge is 0.191 e. The highest BCUT2D eigenvalue weighted by molar-refractivity contribution is 7.13. The predicted molar refractivity (Wildman–Crippen MR) is 109 cm³/mol. The highest BCUT2D eigenvalue weighted by atomic mass is 32.1. The molecule has 0 aliphatic carbocycles. The van der Waals surface area contributed by atoms with Gasteiger partial charge in [-0.05, 0) is 21.0 Å². The van der Waals surface area contributed by atoms with E-state index in [0.29, 0.717) is 6.54 Å². The van der Waals surface area contributed by atoms with Crippen molar-refractivity contribution in [1.82, 2.24) is 30.3 Å². The van der Waals surface area contributed by atoms with E-state index in [1.54, 1.807) is 11.3 Å². The van der Waals surface area contributed by atoms with Gasteiger partial charge in [0, 0.05) is 51.4 Å². The molecule has 0 saturated heterocycles. The second-order valence-corrected chi connectivity index (χ2v) is 7.36. The number of aliphatic imine (C=N–C) groups is 1. The second-order valence-electron chi connectivity index (χ2n) is 6.52. The molecule has 2 rings (SSSR count). The summed E-state index contributed by atoms with van der Waals surface area (Å²) in [5.74, 6) is 0.794. The molecule has 9 heteroatoms. The number of nitrogens with one attached hydrogen (secondary N) is 2. The van der Waals surface area contributed by atoms with E-state index in [1.165, 1.54) is 5.56 Å². The van der Waals surface area contributed by atoms with E-state index in [-0.39, 0.29) is 6.04 Å². The summed E-state index contributed by atoms with van der Waals surface area (Å²) in [6.45, 7) is 4.17. The molecule has 26 heavy (non-hydrogen) atoms. The largest absolute Gasteiger partial charge is 0.357 e. The topological polar surface area (TPSA) is 73.6 Å². The number of hydrogen-bond donors (Lipinski definition) is 2. The van der Waals surface area contributed by atoms with E-state index in [0.717, 1.165) is 29.9 Å².